The second-order valence-electron chi connectivity index (χ2n) is 0.843. The van der Waals surface area contributed by atoms with Crippen LogP contribution in [0.5, 0.6) is 0 Å². The predicted octanol–water partition coefficient (Wildman–Crippen LogP) is -5.15. The highest BCUT2D eigenvalue weighted by Crippen LogP contribution is 1.60. The fourth-order valence-corrected chi connectivity index (χ4v) is 0. The molecule has 0 unspecified atom stereocenters. The summed E-state index contributed by atoms with van der Waals surface area (Å²) in [6.07, 6.45) is 0. The number of hydrogen-bond acceptors (Lipinski definition) is 6. The molecular weight excluding hydrogens is 155 g/mol. The van der Waals surface area contributed by atoms with Crippen molar-refractivity contribution in [1.29, 1.82) is 0 Å². The molecule has 0 aromatic heterocycles. The normalized spacial score (nSPS) is 10.0. The van der Waals surface area contributed by atoms with Gasteiger partial charge < -0.3 is 10.2 Å². The highest BCUT2D eigenvalue weighted by atomic mass is 35.7. The molecule has 0 aliphatic heterocycles. The second-order valence-corrected chi connectivity index (χ2v) is 1.64. The highest BCUT2D eigenvalue weighted by Gasteiger charge is 1.98. The third-order valence-corrected chi connectivity index (χ3v) is 0.1000. The maximum Gasteiger partial charge on any atom is 0.0777 e. The SMILES string of the molecule is OCCO.[O-][Cl+3]([O-])([O-])O. The molecule has 0 rings (SSSR count). The largest absolute Gasteiger partial charge is 0.394 e. The van der Waals surface area contributed by atoms with Gasteiger partial charge in [0.1, 0.15) is 0 Å². The lowest BCUT2D eigenvalue weighted by atomic mass is 10.8. The molecule has 0 aliphatic carbocycles. The standard InChI is InChI=1S/C2H6O2.ClHO4/c3-1-2-4;2-1(3,4)5/h3-4H,1-2H2;(H,2,3,4,5). The molecule has 0 fully saturated rings. The Morgan fingerprint density at radius 2 is 1.11 bits per heavy atom. The van der Waals surface area contributed by atoms with Crippen LogP contribution < -0.4 is 14.0 Å². The van der Waals surface area contributed by atoms with Crippen molar-refractivity contribution in [3.8, 4) is 0 Å². The molecular formula is C2H7ClO6. The Kier molecular flexibility index (Phi) is 8.09. The van der Waals surface area contributed by atoms with E-state index in [4.69, 9.17) is 28.8 Å². The number of aliphatic hydroxyl groups is 2. The fraction of sp³-hybridized carbons (Fsp3) is 1.00. The van der Waals surface area contributed by atoms with Gasteiger partial charge in [-0.25, -0.2) is 0 Å². The zero-order chi connectivity index (χ0) is 7.91. The van der Waals surface area contributed by atoms with Crippen LogP contribution in [0, 0.1) is 10.2 Å². The smallest absolute Gasteiger partial charge is 0.0777 e. The van der Waals surface area contributed by atoms with Gasteiger partial charge in [-0.1, -0.05) is 0 Å². The van der Waals surface area contributed by atoms with Crippen molar-refractivity contribution in [1.82, 2.24) is 0 Å². The van der Waals surface area contributed by atoms with E-state index in [0.717, 1.165) is 0 Å². The van der Waals surface area contributed by atoms with Gasteiger partial charge in [0.05, 0.1) is 28.1 Å². The van der Waals surface area contributed by atoms with E-state index in [1.807, 2.05) is 0 Å². The van der Waals surface area contributed by atoms with Crippen LogP contribution in [-0.2, 0) is 0 Å². The van der Waals surface area contributed by atoms with Gasteiger partial charge in [0, 0.05) is 0 Å². The molecule has 7 heteroatoms. The summed E-state index contributed by atoms with van der Waals surface area (Å²) in [7, 11) is -4.69. The van der Waals surface area contributed by atoms with Crippen LogP contribution in [0.1, 0.15) is 0 Å². The lowest BCUT2D eigenvalue weighted by molar-refractivity contribution is -1.92. The Morgan fingerprint density at radius 3 is 1.11 bits per heavy atom. The molecule has 0 aliphatic rings. The van der Waals surface area contributed by atoms with Crippen molar-refractivity contribution >= 4 is 0 Å². The zero-order valence-corrected chi connectivity index (χ0v) is 5.11. The van der Waals surface area contributed by atoms with E-state index in [-0.39, 0.29) is 13.2 Å². The van der Waals surface area contributed by atoms with Crippen molar-refractivity contribution < 1.29 is 39.1 Å². The first-order valence-corrected chi connectivity index (χ1v) is 3.03. The summed E-state index contributed by atoms with van der Waals surface area (Å²) in [4.78, 5) is 0. The van der Waals surface area contributed by atoms with Gasteiger partial charge >= 0.3 is 0 Å². The molecule has 0 aromatic carbocycles. The topological polar surface area (TPSA) is 130 Å². The summed E-state index contributed by atoms with van der Waals surface area (Å²) in [5.41, 5.74) is 0. The second kappa shape index (κ2) is 6.17. The first-order valence-electron chi connectivity index (χ1n) is 1.76. The zero-order valence-electron chi connectivity index (χ0n) is 4.36. The number of hydrogen-bond donors (Lipinski definition) is 3. The first-order chi connectivity index (χ1) is 3.91. The monoisotopic (exact) mass is 162 g/mol. The van der Waals surface area contributed by atoms with Crippen molar-refractivity contribution in [3.63, 3.8) is 0 Å². The molecule has 0 aromatic rings. The maximum absolute atomic E-state index is 8.60. The lowest BCUT2D eigenvalue weighted by Crippen LogP contribution is -2.58. The average molecular weight is 163 g/mol. The van der Waals surface area contributed by atoms with Crippen molar-refractivity contribution in [2.75, 3.05) is 13.2 Å². The summed E-state index contributed by atoms with van der Waals surface area (Å²) in [6.45, 7) is -0.250. The molecule has 0 heterocycles. The molecule has 0 amide bonds. The molecule has 0 bridgehead atoms. The van der Waals surface area contributed by atoms with Gasteiger partial charge in [-0.05, 0) is 0 Å². The van der Waals surface area contributed by atoms with Crippen molar-refractivity contribution in [2.45, 2.75) is 0 Å². The first kappa shape index (κ1) is 11.8. The van der Waals surface area contributed by atoms with E-state index < -0.39 is 10.2 Å². The summed E-state index contributed by atoms with van der Waals surface area (Å²) >= 11 is 0. The highest BCUT2D eigenvalue weighted by molar-refractivity contribution is 4.06. The third kappa shape index (κ3) is 267. The van der Waals surface area contributed by atoms with Crippen LogP contribution in [-0.4, -0.2) is 28.1 Å². The number of aliphatic hydroxyl groups excluding tert-OH is 2. The van der Waals surface area contributed by atoms with E-state index in [2.05, 4.69) is 0 Å². The Hall–Kier alpha value is 0.0500. The van der Waals surface area contributed by atoms with Crippen molar-refractivity contribution in [3.05, 3.63) is 0 Å². The summed E-state index contributed by atoms with van der Waals surface area (Å²) < 4.78 is 32.7. The molecule has 3 N–H and O–H groups in total. The van der Waals surface area contributed by atoms with Crippen LogP contribution in [0.15, 0.2) is 0 Å². The van der Waals surface area contributed by atoms with Gasteiger partial charge in [0.15, 0.2) is 0 Å². The van der Waals surface area contributed by atoms with Crippen LogP contribution in [0.4, 0.5) is 0 Å². The Labute approximate surface area is 53.3 Å². The van der Waals surface area contributed by atoms with Gasteiger partial charge in [0.2, 0.25) is 0 Å². The van der Waals surface area contributed by atoms with Gasteiger partial charge in [0.25, 0.3) is 0 Å². The molecule has 0 radical (unpaired) electrons. The van der Waals surface area contributed by atoms with Gasteiger partial charge in [-0.3, -0.25) is 0 Å². The molecule has 0 saturated heterocycles. The molecule has 9 heavy (non-hydrogen) atoms. The van der Waals surface area contributed by atoms with E-state index in [9.17, 15) is 0 Å². The predicted molar refractivity (Wildman–Crippen MR) is 16.4 cm³/mol. The molecule has 6 nitrogen and oxygen atoms in total. The summed E-state index contributed by atoms with van der Waals surface area (Å²) in [5, 5.41) is 15.2. The van der Waals surface area contributed by atoms with E-state index >= 15 is 0 Å². The van der Waals surface area contributed by atoms with Crippen LogP contribution in [0.3, 0.4) is 0 Å². The van der Waals surface area contributed by atoms with Crippen LogP contribution >= 0.6 is 0 Å². The van der Waals surface area contributed by atoms with Crippen LogP contribution in [0.2, 0.25) is 0 Å². The fourth-order valence-electron chi connectivity index (χ4n) is 0. The molecule has 0 saturated carbocycles. The van der Waals surface area contributed by atoms with Crippen molar-refractivity contribution in [2.24, 2.45) is 0 Å². The van der Waals surface area contributed by atoms with Gasteiger partial charge in [-0.15, -0.1) is 0 Å². The molecule has 58 valence electrons. The quantitative estimate of drug-likeness (QED) is 0.354. The minimum Gasteiger partial charge on any atom is -0.394 e. The van der Waals surface area contributed by atoms with E-state index in [1.54, 1.807) is 0 Å². The van der Waals surface area contributed by atoms with Crippen LogP contribution in [0.25, 0.3) is 0 Å². The Bertz CT molecular complexity index is 41.5. The van der Waals surface area contributed by atoms with Gasteiger partial charge in [-0.2, -0.15) is 14.0 Å². The minimum atomic E-state index is -4.69. The third-order valence-electron chi connectivity index (χ3n) is 0.1000. The number of rotatable bonds is 1. The van der Waals surface area contributed by atoms with E-state index in [0.29, 0.717) is 0 Å². The maximum atomic E-state index is 8.60. The Morgan fingerprint density at radius 1 is 1.00 bits per heavy atom. The average Bonchev–Trinajstić information content (AvgIpc) is 1.61. The lowest BCUT2D eigenvalue weighted by Gasteiger charge is -2.03. The molecule has 0 spiro atoms. The molecule has 0 atom stereocenters. The number of halogens is 1. The van der Waals surface area contributed by atoms with E-state index in [1.165, 1.54) is 0 Å². The minimum absolute atomic E-state index is 0.125. The summed E-state index contributed by atoms with van der Waals surface area (Å²) in [6, 6.07) is 0. The Balaban J connectivity index is 0. The summed E-state index contributed by atoms with van der Waals surface area (Å²) in [5.74, 6) is 0.